The van der Waals surface area contributed by atoms with Gasteiger partial charge in [-0.3, -0.25) is 4.79 Å². The van der Waals surface area contributed by atoms with Gasteiger partial charge in [0, 0.05) is 19.5 Å². The molecule has 0 saturated heterocycles. The second kappa shape index (κ2) is 6.77. The summed E-state index contributed by atoms with van der Waals surface area (Å²) in [7, 11) is 1.80. The molecule has 1 aromatic heterocycles. The van der Waals surface area contributed by atoms with Gasteiger partial charge in [0.1, 0.15) is 0 Å². The quantitative estimate of drug-likeness (QED) is 0.939. The van der Waals surface area contributed by atoms with Crippen molar-refractivity contribution in [3.05, 3.63) is 47.3 Å². The van der Waals surface area contributed by atoms with Crippen molar-refractivity contribution in [2.75, 3.05) is 13.6 Å². The largest absolute Gasteiger partial charge is 0.393 e. The molecule has 1 fully saturated rings. The fraction of sp³-hybridized carbons (Fsp3) is 0.474. The molecule has 0 bridgehead atoms. The minimum atomic E-state index is -0.281. The number of amides is 1. The minimum Gasteiger partial charge on any atom is -0.393 e. The molecule has 1 saturated carbocycles. The van der Waals surface area contributed by atoms with Crippen LogP contribution in [0.4, 0.5) is 0 Å². The normalized spacial score (nSPS) is 20.3. The molecule has 1 amide bonds. The van der Waals surface area contributed by atoms with Crippen LogP contribution in [0.15, 0.2) is 30.5 Å². The molecule has 1 aliphatic carbocycles. The number of hydrogen-bond acceptors (Lipinski definition) is 3. The van der Waals surface area contributed by atoms with Crippen molar-refractivity contribution in [1.29, 1.82) is 0 Å². The number of rotatable bonds is 4. The van der Waals surface area contributed by atoms with E-state index in [-0.39, 0.29) is 17.9 Å². The summed E-state index contributed by atoms with van der Waals surface area (Å²) in [5, 5.41) is 14.4. The standard InChI is InChI=1S/C19H25N3O2/c1-13-7-4-5-9-17(13)22-14(2)16(11-20-22)19(24)21(3)12-15-8-6-10-18(15)23/h4-5,7,9,11,15,18,23H,6,8,10,12H2,1-3H3. The van der Waals surface area contributed by atoms with Gasteiger partial charge in [-0.2, -0.15) is 5.10 Å². The molecule has 5 nitrogen and oxygen atoms in total. The summed E-state index contributed by atoms with van der Waals surface area (Å²) in [6, 6.07) is 8.00. The van der Waals surface area contributed by atoms with Gasteiger partial charge in [0.15, 0.2) is 0 Å². The highest BCUT2D eigenvalue weighted by Crippen LogP contribution is 2.26. The highest BCUT2D eigenvalue weighted by atomic mass is 16.3. The molecular weight excluding hydrogens is 302 g/mol. The Morgan fingerprint density at radius 1 is 1.33 bits per heavy atom. The lowest BCUT2D eigenvalue weighted by atomic mass is 10.1. The molecule has 0 radical (unpaired) electrons. The third kappa shape index (κ3) is 3.08. The van der Waals surface area contributed by atoms with Crippen molar-refractivity contribution in [2.24, 2.45) is 5.92 Å². The Balaban J connectivity index is 1.80. The number of carbonyl (C=O) groups excluding carboxylic acids is 1. The zero-order valence-electron chi connectivity index (χ0n) is 14.6. The summed E-state index contributed by atoms with van der Waals surface area (Å²) in [6.07, 6.45) is 4.23. The van der Waals surface area contributed by atoms with Crippen molar-refractivity contribution in [2.45, 2.75) is 39.2 Å². The highest BCUT2D eigenvalue weighted by molar-refractivity contribution is 5.95. The van der Waals surface area contributed by atoms with Gasteiger partial charge in [-0.1, -0.05) is 24.6 Å². The maximum Gasteiger partial charge on any atom is 0.257 e. The third-order valence-electron chi connectivity index (χ3n) is 5.06. The second-order valence-corrected chi connectivity index (χ2v) is 6.79. The number of carbonyl (C=O) groups is 1. The summed E-state index contributed by atoms with van der Waals surface area (Å²) in [5.41, 5.74) is 3.56. The molecule has 0 aliphatic heterocycles. The Bertz CT molecular complexity index is 738. The summed E-state index contributed by atoms with van der Waals surface area (Å²) in [6.45, 7) is 4.55. The molecule has 128 valence electrons. The van der Waals surface area contributed by atoms with Crippen LogP contribution >= 0.6 is 0 Å². The van der Waals surface area contributed by atoms with E-state index in [0.717, 1.165) is 36.2 Å². The van der Waals surface area contributed by atoms with Crippen LogP contribution < -0.4 is 0 Å². The lowest BCUT2D eigenvalue weighted by Crippen LogP contribution is -2.34. The number of nitrogens with zero attached hydrogens (tertiary/aromatic N) is 3. The van der Waals surface area contributed by atoms with Crippen LogP contribution in [0.1, 0.15) is 40.9 Å². The number of aliphatic hydroxyl groups excluding tert-OH is 1. The molecule has 2 unspecified atom stereocenters. The Morgan fingerprint density at radius 3 is 2.75 bits per heavy atom. The summed E-state index contributed by atoms with van der Waals surface area (Å²) in [5.74, 6) is 0.150. The summed E-state index contributed by atoms with van der Waals surface area (Å²) in [4.78, 5) is 14.5. The Kier molecular flexibility index (Phi) is 4.71. The topological polar surface area (TPSA) is 58.4 Å². The summed E-state index contributed by atoms with van der Waals surface area (Å²) < 4.78 is 1.82. The van der Waals surface area contributed by atoms with E-state index >= 15 is 0 Å². The van der Waals surface area contributed by atoms with E-state index in [2.05, 4.69) is 5.10 Å². The van der Waals surface area contributed by atoms with Crippen molar-refractivity contribution >= 4 is 5.91 Å². The first kappa shape index (κ1) is 16.7. The van der Waals surface area contributed by atoms with Gasteiger partial charge >= 0.3 is 0 Å². The average Bonchev–Trinajstić information content (AvgIpc) is 3.13. The maximum absolute atomic E-state index is 12.8. The van der Waals surface area contributed by atoms with Crippen LogP contribution in [0.5, 0.6) is 0 Å². The van der Waals surface area contributed by atoms with Crippen LogP contribution in [-0.4, -0.2) is 45.4 Å². The predicted molar refractivity (Wildman–Crippen MR) is 93.3 cm³/mol. The molecule has 2 atom stereocenters. The first-order valence-electron chi connectivity index (χ1n) is 8.53. The number of aryl methyl sites for hydroxylation is 1. The first-order chi connectivity index (χ1) is 11.5. The average molecular weight is 327 g/mol. The lowest BCUT2D eigenvalue weighted by Gasteiger charge is -2.23. The van der Waals surface area contributed by atoms with Gasteiger partial charge in [0.2, 0.25) is 0 Å². The van der Waals surface area contributed by atoms with Gasteiger partial charge in [-0.25, -0.2) is 4.68 Å². The highest BCUT2D eigenvalue weighted by Gasteiger charge is 2.28. The number of benzene rings is 1. The second-order valence-electron chi connectivity index (χ2n) is 6.79. The third-order valence-corrected chi connectivity index (χ3v) is 5.06. The fourth-order valence-corrected chi connectivity index (χ4v) is 3.53. The number of aliphatic hydroxyl groups is 1. The van der Waals surface area contributed by atoms with Crippen LogP contribution in [-0.2, 0) is 0 Å². The number of para-hydroxylation sites is 1. The van der Waals surface area contributed by atoms with E-state index in [1.165, 1.54) is 0 Å². The minimum absolute atomic E-state index is 0.0357. The molecule has 24 heavy (non-hydrogen) atoms. The smallest absolute Gasteiger partial charge is 0.257 e. The van der Waals surface area contributed by atoms with Crippen molar-refractivity contribution in [3.8, 4) is 5.69 Å². The lowest BCUT2D eigenvalue weighted by molar-refractivity contribution is 0.0693. The zero-order chi connectivity index (χ0) is 17.3. The van der Waals surface area contributed by atoms with Gasteiger partial charge in [-0.15, -0.1) is 0 Å². The Labute approximate surface area is 142 Å². The van der Waals surface area contributed by atoms with E-state index in [0.29, 0.717) is 12.1 Å². The number of hydrogen-bond donors (Lipinski definition) is 1. The van der Waals surface area contributed by atoms with Gasteiger partial charge in [0.05, 0.1) is 29.2 Å². The molecule has 1 heterocycles. The molecule has 1 N–H and O–H groups in total. The zero-order valence-corrected chi connectivity index (χ0v) is 14.6. The molecule has 5 heteroatoms. The van der Waals surface area contributed by atoms with Gasteiger partial charge < -0.3 is 10.0 Å². The van der Waals surface area contributed by atoms with Crippen molar-refractivity contribution < 1.29 is 9.90 Å². The molecule has 2 aromatic rings. The summed E-state index contributed by atoms with van der Waals surface area (Å²) >= 11 is 0. The van der Waals surface area contributed by atoms with Crippen LogP contribution in [0.3, 0.4) is 0 Å². The first-order valence-corrected chi connectivity index (χ1v) is 8.53. The Hall–Kier alpha value is -2.14. The fourth-order valence-electron chi connectivity index (χ4n) is 3.53. The predicted octanol–water partition coefficient (Wildman–Crippen LogP) is 2.72. The molecule has 0 spiro atoms. The number of aromatic nitrogens is 2. The molecule has 1 aliphatic rings. The SMILES string of the molecule is Cc1ccccc1-n1ncc(C(=O)N(C)CC2CCCC2O)c1C. The molecule has 1 aromatic carbocycles. The van der Waals surface area contributed by atoms with E-state index < -0.39 is 0 Å². The van der Waals surface area contributed by atoms with Gasteiger partial charge in [0.25, 0.3) is 5.91 Å². The van der Waals surface area contributed by atoms with Crippen LogP contribution in [0.2, 0.25) is 0 Å². The van der Waals surface area contributed by atoms with Crippen molar-refractivity contribution in [3.63, 3.8) is 0 Å². The van der Waals surface area contributed by atoms with Crippen molar-refractivity contribution in [1.82, 2.24) is 14.7 Å². The van der Waals surface area contributed by atoms with E-state index in [1.807, 2.05) is 42.8 Å². The van der Waals surface area contributed by atoms with E-state index in [1.54, 1.807) is 18.1 Å². The molecule has 3 rings (SSSR count). The van der Waals surface area contributed by atoms with E-state index in [9.17, 15) is 9.90 Å². The van der Waals surface area contributed by atoms with Crippen LogP contribution in [0.25, 0.3) is 5.69 Å². The Morgan fingerprint density at radius 2 is 2.08 bits per heavy atom. The van der Waals surface area contributed by atoms with E-state index in [4.69, 9.17) is 0 Å². The van der Waals surface area contributed by atoms with Crippen LogP contribution in [0, 0.1) is 19.8 Å². The molecular formula is C19H25N3O2. The maximum atomic E-state index is 12.8. The monoisotopic (exact) mass is 327 g/mol. The van der Waals surface area contributed by atoms with Gasteiger partial charge in [-0.05, 0) is 38.3 Å².